The van der Waals surface area contributed by atoms with Crippen molar-refractivity contribution in [1.82, 2.24) is 5.32 Å². The largest absolute Gasteiger partial charge is 0.372 e. The van der Waals surface area contributed by atoms with E-state index in [2.05, 4.69) is 12.2 Å². The van der Waals surface area contributed by atoms with Crippen LogP contribution in [0.5, 0.6) is 0 Å². The smallest absolute Gasteiger partial charge is 0.249 e. The van der Waals surface area contributed by atoms with Gasteiger partial charge in [-0.3, -0.25) is 4.79 Å². The molecule has 14 heavy (non-hydrogen) atoms. The molecule has 1 aliphatic rings. The predicted molar refractivity (Wildman–Crippen MR) is 56.0 cm³/mol. The molecule has 3 nitrogen and oxygen atoms in total. The lowest BCUT2D eigenvalue weighted by atomic mass is 10.00. The van der Waals surface area contributed by atoms with Crippen LogP contribution in [0.4, 0.5) is 0 Å². The molecule has 1 saturated carbocycles. The molecule has 1 aliphatic carbocycles. The minimum absolute atomic E-state index is 0.00639. The minimum Gasteiger partial charge on any atom is -0.372 e. The van der Waals surface area contributed by atoms with E-state index in [0.717, 1.165) is 0 Å². The van der Waals surface area contributed by atoms with Gasteiger partial charge in [-0.1, -0.05) is 12.8 Å². The first-order valence-electron chi connectivity index (χ1n) is 5.48. The number of methoxy groups -OCH3 is 1. The maximum atomic E-state index is 11.5. The predicted octanol–water partition coefficient (Wildman–Crippen LogP) is 1.72. The number of rotatable bonds is 4. The Balaban J connectivity index is 2.31. The third kappa shape index (κ3) is 2.98. The molecule has 0 saturated heterocycles. The Morgan fingerprint density at radius 3 is 2.43 bits per heavy atom. The summed E-state index contributed by atoms with van der Waals surface area (Å²) in [5.74, 6) is 0.676. The average Bonchev–Trinajstić information content (AvgIpc) is 2.69. The van der Waals surface area contributed by atoms with Crippen LogP contribution in [0, 0.1) is 5.92 Å². The zero-order valence-electron chi connectivity index (χ0n) is 9.38. The van der Waals surface area contributed by atoms with Crippen LogP contribution in [0.2, 0.25) is 0 Å². The molecule has 0 radical (unpaired) electrons. The van der Waals surface area contributed by atoms with E-state index in [4.69, 9.17) is 4.74 Å². The number of carbonyl (C=O) groups excluding carboxylic acids is 1. The van der Waals surface area contributed by atoms with Crippen molar-refractivity contribution in [3.63, 3.8) is 0 Å². The van der Waals surface area contributed by atoms with E-state index in [0.29, 0.717) is 12.0 Å². The quantitative estimate of drug-likeness (QED) is 0.748. The van der Waals surface area contributed by atoms with Gasteiger partial charge in [-0.05, 0) is 32.6 Å². The van der Waals surface area contributed by atoms with Crippen molar-refractivity contribution < 1.29 is 9.53 Å². The molecular weight excluding hydrogens is 178 g/mol. The first kappa shape index (κ1) is 11.5. The van der Waals surface area contributed by atoms with Crippen LogP contribution in [-0.4, -0.2) is 25.2 Å². The van der Waals surface area contributed by atoms with Crippen LogP contribution in [0.25, 0.3) is 0 Å². The summed E-state index contributed by atoms with van der Waals surface area (Å²) in [6, 6.07) is 0.294. The molecule has 3 heteroatoms. The molecule has 1 N–H and O–H groups in total. The monoisotopic (exact) mass is 199 g/mol. The summed E-state index contributed by atoms with van der Waals surface area (Å²) in [4.78, 5) is 11.5. The van der Waals surface area contributed by atoms with Gasteiger partial charge in [-0.25, -0.2) is 0 Å². The van der Waals surface area contributed by atoms with Crippen LogP contribution < -0.4 is 5.32 Å². The normalized spacial score (nSPS) is 21.9. The second-order valence-corrected chi connectivity index (χ2v) is 4.22. The zero-order valence-corrected chi connectivity index (χ0v) is 9.38. The summed E-state index contributed by atoms with van der Waals surface area (Å²) >= 11 is 0. The van der Waals surface area contributed by atoms with Gasteiger partial charge in [0.05, 0.1) is 0 Å². The molecule has 2 atom stereocenters. The van der Waals surface area contributed by atoms with E-state index in [-0.39, 0.29) is 12.0 Å². The van der Waals surface area contributed by atoms with Crippen LogP contribution >= 0.6 is 0 Å². The third-order valence-electron chi connectivity index (χ3n) is 3.20. The fraction of sp³-hybridized carbons (Fsp3) is 0.909. The molecule has 0 aromatic heterocycles. The summed E-state index contributed by atoms with van der Waals surface area (Å²) in [7, 11) is 1.56. The third-order valence-corrected chi connectivity index (χ3v) is 3.20. The molecule has 0 aliphatic heterocycles. The standard InChI is InChI=1S/C11H21NO2/c1-8(10-6-4-5-7-10)12-11(13)9(2)14-3/h8-10H,4-7H2,1-3H3,(H,12,13)/t8-,9?/m0/s1. The van der Waals surface area contributed by atoms with Crippen molar-refractivity contribution in [3.8, 4) is 0 Å². The summed E-state index contributed by atoms with van der Waals surface area (Å²) in [6.07, 6.45) is 4.79. The molecule has 0 heterocycles. The molecule has 0 aromatic carbocycles. The fourth-order valence-corrected chi connectivity index (χ4v) is 2.02. The highest BCUT2D eigenvalue weighted by atomic mass is 16.5. The molecule has 0 spiro atoms. The second kappa shape index (κ2) is 5.35. The molecular formula is C11H21NO2. The summed E-state index contributed by atoms with van der Waals surface area (Å²) in [5, 5.41) is 3.01. The highest BCUT2D eigenvalue weighted by Gasteiger charge is 2.24. The maximum Gasteiger partial charge on any atom is 0.249 e. The number of hydrogen-bond donors (Lipinski definition) is 1. The maximum absolute atomic E-state index is 11.5. The number of amides is 1. The number of ether oxygens (including phenoxy) is 1. The molecule has 82 valence electrons. The molecule has 1 unspecified atom stereocenters. The summed E-state index contributed by atoms with van der Waals surface area (Å²) < 4.78 is 4.96. The molecule has 1 rings (SSSR count). The van der Waals surface area contributed by atoms with Crippen molar-refractivity contribution in [2.45, 2.75) is 51.7 Å². The van der Waals surface area contributed by atoms with E-state index >= 15 is 0 Å². The Morgan fingerprint density at radius 1 is 1.36 bits per heavy atom. The van der Waals surface area contributed by atoms with Crippen molar-refractivity contribution in [3.05, 3.63) is 0 Å². The first-order valence-corrected chi connectivity index (χ1v) is 5.48. The SMILES string of the molecule is COC(C)C(=O)N[C@@H](C)C1CCCC1. The number of carbonyl (C=O) groups is 1. The second-order valence-electron chi connectivity index (χ2n) is 4.22. The van der Waals surface area contributed by atoms with Gasteiger partial charge in [0.25, 0.3) is 0 Å². The molecule has 1 amide bonds. The van der Waals surface area contributed by atoms with Gasteiger partial charge in [-0.2, -0.15) is 0 Å². The lowest BCUT2D eigenvalue weighted by molar-refractivity contribution is -0.131. The highest BCUT2D eigenvalue weighted by molar-refractivity contribution is 5.80. The molecule has 1 fully saturated rings. The average molecular weight is 199 g/mol. The van der Waals surface area contributed by atoms with Crippen molar-refractivity contribution in [1.29, 1.82) is 0 Å². The van der Waals surface area contributed by atoms with E-state index in [1.807, 2.05) is 0 Å². The van der Waals surface area contributed by atoms with Crippen LogP contribution in [0.3, 0.4) is 0 Å². The minimum atomic E-state index is -0.334. The van der Waals surface area contributed by atoms with Gasteiger partial charge in [0.1, 0.15) is 6.10 Å². The van der Waals surface area contributed by atoms with Gasteiger partial charge < -0.3 is 10.1 Å². The fourth-order valence-electron chi connectivity index (χ4n) is 2.02. The molecule has 0 bridgehead atoms. The lowest BCUT2D eigenvalue weighted by Crippen LogP contribution is -2.42. The van der Waals surface area contributed by atoms with Crippen LogP contribution in [-0.2, 0) is 9.53 Å². The van der Waals surface area contributed by atoms with Gasteiger partial charge in [-0.15, -0.1) is 0 Å². The van der Waals surface area contributed by atoms with Crippen molar-refractivity contribution in [2.75, 3.05) is 7.11 Å². The zero-order chi connectivity index (χ0) is 10.6. The highest BCUT2D eigenvalue weighted by Crippen LogP contribution is 2.27. The topological polar surface area (TPSA) is 38.3 Å². The van der Waals surface area contributed by atoms with Crippen LogP contribution in [0.1, 0.15) is 39.5 Å². The Labute approximate surface area is 86.2 Å². The Hall–Kier alpha value is -0.570. The Morgan fingerprint density at radius 2 is 1.93 bits per heavy atom. The van der Waals surface area contributed by atoms with Crippen molar-refractivity contribution >= 4 is 5.91 Å². The van der Waals surface area contributed by atoms with Crippen molar-refractivity contribution in [2.24, 2.45) is 5.92 Å². The van der Waals surface area contributed by atoms with E-state index in [1.54, 1.807) is 14.0 Å². The number of nitrogens with one attached hydrogen (secondary N) is 1. The van der Waals surface area contributed by atoms with E-state index in [1.165, 1.54) is 25.7 Å². The molecule has 0 aromatic rings. The van der Waals surface area contributed by atoms with Crippen LogP contribution in [0.15, 0.2) is 0 Å². The van der Waals surface area contributed by atoms with Gasteiger partial charge >= 0.3 is 0 Å². The Bertz CT molecular complexity index is 188. The lowest BCUT2D eigenvalue weighted by Gasteiger charge is -2.21. The van der Waals surface area contributed by atoms with E-state index < -0.39 is 0 Å². The van der Waals surface area contributed by atoms with Gasteiger partial charge in [0.15, 0.2) is 0 Å². The first-order chi connectivity index (χ1) is 6.65. The summed E-state index contributed by atoms with van der Waals surface area (Å²) in [6.45, 7) is 3.87. The summed E-state index contributed by atoms with van der Waals surface area (Å²) in [5.41, 5.74) is 0. The Kier molecular flexibility index (Phi) is 4.39. The van der Waals surface area contributed by atoms with Gasteiger partial charge in [0.2, 0.25) is 5.91 Å². The van der Waals surface area contributed by atoms with E-state index in [9.17, 15) is 4.79 Å². The number of hydrogen-bond acceptors (Lipinski definition) is 2. The van der Waals surface area contributed by atoms with Gasteiger partial charge in [0, 0.05) is 13.2 Å².